The van der Waals surface area contributed by atoms with Crippen molar-refractivity contribution in [2.75, 3.05) is 12.0 Å². The zero-order valence-electron chi connectivity index (χ0n) is 13.2. The molecule has 0 heterocycles. The number of benzene rings is 2. The van der Waals surface area contributed by atoms with Crippen LogP contribution in [0.2, 0.25) is 0 Å². The van der Waals surface area contributed by atoms with Crippen LogP contribution in [0.1, 0.15) is 12.5 Å². The van der Waals surface area contributed by atoms with E-state index in [0.29, 0.717) is 11.3 Å². The van der Waals surface area contributed by atoms with Gasteiger partial charge in [0.25, 0.3) is 0 Å². The molecule has 0 bridgehead atoms. The monoisotopic (exact) mass is 395 g/mol. The molecule has 0 aliphatic heterocycles. The van der Waals surface area contributed by atoms with E-state index in [4.69, 9.17) is 4.74 Å². The number of hydrogen-bond acceptors (Lipinski definition) is 4. The normalized spacial score (nSPS) is 11.2. The van der Waals surface area contributed by atoms with Gasteiger partial charge in [-0.2, -0.15) is 0 Å². The standard InChI is InChI=1S/C16H18AsNO6/c1-11(19)18(10-12-5-3-4-6-16(12)24-2)14-9-13(17(21,22)23)7-8-15(14)20/h3-9,20H,10H2,1-2H3,(H2,21,22,23). The van der Waals surface area contributed by atoms with E-state index in [9.17, 15) is 21.8 Å². The number of hydrogen-bond donors (Lipinski definition) is 3. The first-order chi connectivity index (χ1) is 11.2. The number of phenolic OH excluding ortho intramolecular Hbond substituents is 1. The Balaban J connectivity index is 2.49. The van der Waals surface area contributed by atoms with Gasteiger partial charge >= 0.3 is 142 Å². The van der Waals surface area contributed by atoms with Gasteiger partial charge in [0, 0.05) is 0 Å². The molecule has 2 aromatic carbocycles. The summed E-state index contributed by atoms with van der Waals surface area (Å²) in [5.74, 6) is -0.0577. The predicted octanol–water partition coefficient (Wildman–Crippen LogP) is 0.515. The van der Waals surface area contributed by atoms with Crippen LogP contribution in [0.4, 0.5) is 5.69 Å². The molecule has 1 amide bonds. The molecule has 0 radical (unpaired) electrons. The molecule has 2 rings (SSSR count). The first-order valence-electron chi connectivity index (χ1n) is 7.03. The van der Waals surface area contributed by atoms with Gasteiger partial charge in [-0.05, 0) is 0 Å². The SMILES string of the molecule is COc1ccccc1CN(C(C)=O)c1cc([As](=O)(O)O)ccc1O. The second kappa shape index (κ2) is 7.13. The summed E-state index contributed by atoms with van der Waals surface area (Å²) in [6.45, 7) is 1.40. The third-order valence-electron chi connectivity index (χ3n) is 3.49. The Morgan fingerprint density at radius 2 is 1.88 bits per heavy atom. The van der Waals surface area contributed by atoms with Crippen molar-refractivity contribution >= 4 is 30.1 Å². The molecule has 0 unspecified atom stereocenters. The Morgan fingerprint density at radius 3 is 2.46 bits per heavy atom. The van der Waals surface area contributed by atoms with Gasteiger partial charge in [-0.25, -0.2) is 0 Å². The second-order valence-electron chi connectivity index (χ2n) is 5.13. The number of aromatic hydroxyl groups is 1. The molecule has 0 spiro atoms. The van der Waals surface area contributed by atoms with Crippen molar-refractivity contribution in [2.24, 2.45) is 0 Å². The summed E-state index contributed by atoms with van der Waals surface area (Å²) < 4.78 is 35.3. The van der Waals surface area contributed by atoms with Crippen molar-refractivity contribution in [3.05, 3.63) is 48.0 Å². The van der Waals surface area contributed by atoms with Gasteiger partial charge in [-0.1, -0.05) is 0 Å². The molecule has 0 saturated carbocycles. The maximum absolute atomic E-state index is 12.0. The number of phenols is 1. The van der Waals surface area contributed by atoms with Crippen LogP contribution >= 0.6 is 0 Å². The van der Waals surface area contributed by atoms with Crippen LogP contribution in [0, 0.1) is 0 Å². The Morgan fingerprint density at radius 1 is 1.21 bits per heavy atom. The van der Waals surface area contributed by atoms with Crippen LogP contribution in [0.3, 0.4) is 0 Å². The fourth-order valence-electron chi connectivity index (χ4n) is 2.28. The van der Waals surface area contributed by atoms with E-state index in [1.165, 1.54) is 25.0 Å². The van der Waals surface area contributed by atoms with Crippen LogP contribution in [0.15, 0.2) is 42.5 Å². The van der Waals surface area contributed by atoms with E-state index in [0.717, 1.165) is 12.1 Å². The molecular formula is C16H18AsNO6. The van der Waals surface area contributed by atoms with Gasteiger partial charge < -0.3 is 0 Å². The third-order valence-corrected chi connectivity index (χ3v) is 5.48. The molecule has 8 heteroatoms. The first-order valence-corrected chi connectivity index (χ1v) is 10.4. The Kier molecular flexibility index (Phi) is 5.39. The molecule has 128 valence electrons. The molecule has 2 aromatic rings. The van der Waals surface area contributed by atoms with Crippen LogP contribution in [0.25, 0.3) is 0 Å². The number of nitrogens with zero attached hydrogens (tertiary/aromatic N) is 1. The van der Waals surface area contributed by atoms with Crippen molar-refractivity contribution < 1.29 is 26.6 Å². The number of anilines is 1. The maximum atomic E-state index is 12.0. The zero-order chi connectivity index (χ0) is 17.9. The van der Waals surface area contributed by atoms with E-state index in [1.54, 1.807) is 24.3 Å². The minimum atomic E-state index is -5.15. The molecule has 0 aliphatic rings. The van der Waals surface area contributed by atoms with Gasteiger partial charge in [0.15, 0.2) is 0 Å². The van der Waals surface area contributed by atoms with Crippen LogP contribution in [-0.2, 0) is 15.1 Å². The van der Waals surface area contributed by atoms with E-state index >= 15 is 0 Å². The van der Waals surface area contributed by atoms with E-state index in [-0.39, 0.29) is 28.2 Å². The Bertz CT molecular complexity index is 801. The van der Waals surface area contributed by atoms with Gasteiger partial charge in [0.1, 0.15) is 0 Å². The van der Waals surface area contributed by atoms with Crippen molar-refractivity contribution in [3.8, 4) is 11.5 Å². The number of methoxy groups -OCH3 is 1. The van der Waals surface area contributed by atoms with Gasteiger partial charge in [0.2, 0.25) is 0 Å². The van der Waals surface area contributed by atoms with Crippen LogP contribution in [-0.4, -0.2) is 40.5 Å². The van der Waals surface area contributed by atoms with Gasteiger partial charge in [-0.15, -0.1) is 0 Å². The number of rotatable bonds is 5. The number of amides is 1. The predicted molar refractivity (Wildman–Crippen MR) is 88.5 cm³/mol. The summed E-state index contributed by atoms with van der Waals surface area (Å²) in [5.41, 5.74) is 0.733. The third kappa shape index (κ3) is 4.00. The average molecular weight is 395 g/mol. The summed E-state index contributed by atoms with van der Waals surface area (Å²) in [6, 6.07) is 10.5. The molecule has 3 N–H and O–H groups in total. The Hall–Kier alpha value is -2.21. The minimum absolute atomic E-state index is 0.0376. The summed E-state index contributed by atoms with van der Waals surface area (Å²) in [5, 5.41) is 10.1. The molecule has 0 aliphatic carbocycles. The number of carbonyl (C=O) groups excluding carboxylic acids is 1. The summed E-state index contributed by atoms with van der Waals surface area (Å²) in [7, 11) is 1.51. The summed E-state index contributed by atoms with van der Waals surface area (Å²) in [4.78, 5) is 13.3. The molecular weight excluding hydrogens is 377 g/mol. The fourth-order valence-corrected chi connectivity index (χ4v) is 3.45. The van der Waals surface area contributed by atoms with E-state index < -0.39 is 14.2 Å². The Labute approximate surface area is 142 Å². The number of carbonyl (C=O) groups is 1. The quantitative estimate of drug-likeness (QED) is 0.637. The van der Waals surface area contributed by atoms with Crippen molar-refractivity contribution in [2.45, 2.75) is 13.5 Å². The molecule has 0 atom stereocenters. The molecule has 0 fully saturated rings. The summed E-state index contributed by atoms with van der Waals surface area (Å²) in [6.07, 6.45) is 0. The van der Waals surface area contributed by atoms with Crippen molar-refractivity contribution in [1.82, 2.24) is 0 Å². The molecule has 7 nitrogen and oxygen atoms in total. The molecule has 0 saturated heterocycles. The molecule has 0 aromatic heterocycles. The van der Waals surface area contributed by atoms with Gasteiger partial charge in [0.05, 0.1) is 0 Å². The van der Waals surface area contributed by atoms with Crippen molar-refractivity contribution in [3.63, 3.8) is 0 Å². The fraction of sp³-hybridized carbons (Fsp3) is 0.188. The van der Waals surface area contributed by atoms with Crippen LogP contribution in [0.5, 0.6) is 11.5 Å². The topological polar surface area (TPSA) is 107 Å². The number of ether oxygens (including phenoxy) is 1. The van der Waals surface area contributed by atoms with Gasteiger partial charge in [-0.3, -0.25) is 0 Å². The summed E-state index contributed by atoms with van der Waals surface area (Å²) >= 11 is -5.15. The number of para-hydroxylation sites is 1. The van der Waals surface area contributed by atoms with Crippen molar-refractivity contribution in [1.29, 1.82) is 0 Å². The second-order valence-corrected chi connectivity index (χ2v) is 8.50. The zero-order valence-corrected chi connectivity index (χ0v) is 15.1. The first kappa shape index (κ1) is 18.1. The average Bonchev–Trinajstić information content (AvgIpc) is 2.52. The van der Waals surface area contributed by atoms with Crippen LogP contribution < -0.4 is 14.0 Å². The molecule has 24 heavy (non-hydrogen) atoms. The van der Waals surface area contributed by atoms with E-state index in [1.807, 2.05) is 0 Å². The van der Waals surface area contributed by atoms with E-state index in [2.05, 4.69) is 0 Å².